The van der Waals surface area contributed by atoms with E-state index in [2.05, 4.69) is 44.3 Å². The molecule has 2 fully saturated rings. The summed E-state index contributed by atoms with van der Waals surface area (Å²) in [6.07, 6.45) is 5.56. The van der Waals surface area contributed by atoms with Crippen molar-refractivity contribution in [1.29, 1.82) is 0 Å². The first-order valence-corrected chi connectivity index (χ1v) is 7.76. The molecular formula is C18H27NO. The molecule has 0 atom stereocenters. The zero-order chi connectivity index (χ0) is 14.4. The van der Waals surface area contributed by atoms with Gasteiger partial charge in [0.25, 0.3) is 0 Å². The summed E-state index contributed by atoms with van der Waals surface area (Å²) in [6.45, 7) is 7.82. The molecule has 1 aromatic carbocycles. The van der Waals surface area contributed by atoms with Crippen molar-refractivity contribution in [1.82, 2.24) is 5.32 Å². The highest BCUT2D eigenvalue weighted by molar-refractivity contribution is 5.38. The second-order valence-electron chi connectivity index (χ2n) is 7.97. The van der Waals surface area contributed by atoms with Gasteiger partial charge in [-0.1, -0.05) is 12.1 Å². The number of ether oxygens (including phenoxy) is 1. The normalized spacial score (nSPS) is 22.4. The molecule has 2 saturated carbocycles. The Kier molecular flexibility index (Phi) is 3.13. The van der Waals surface area contributed by atoms with Gasteiger partial charge in [-0.3, -0.25) is 0 Å². The first-order chi connectivity index (χ1) is 9.37. The highest BCUT2D eigenvalue weighted by Crippen LogP contribution is 2.68. The van der Waals surface area contributed by atoms with Crippen LogP contribution in [0.1, 0.15) is 52.0 Å². The summed E-state index contributed by atoms with van der Waals surface area (Å²) in [5.74, 6) is 0.981. The first-order valence-electron chi connectivity index (χ1n) is 7.76. The summed E-state index contributed by atoms with van der Waals surface area (Å²) in [6, 6.07) is 8.69. The lowest BCUT2D eigenvalue weighted by Gasteiger charge is -2.50. The molecule has 0 saturated heterocycles. The molecule has 0 radical (unpaired) electrons. The third-order valence-corrected chi connectivity index (χ3v) is 5.02. The minimum absolute atomic E-state index is 0.179. The smallest absolute Gasteiger partial charge is 0.119 e. The van der Waals surface area contributed by atoms with E-state index >= 15 is 0 Å². The van der Waals surface area contributed by atoms with E-state index in [0.717, 1.165) is 12.3 Å². The molecular weight excluding hydrogens is 246 g/mol. The Bertz CT molecular complexity index is 488. The van der Waals surface area contributed by atoms with Gasteiger partial charge in [-0.05, 0) is 69.6 Å². The van der Waals surface area contributed by atoms with Crippen LogP contribution in [0.5, 0.6) is 5.75 Å². The van der Waals surface area contributed by atoms with E-state index in [4.69, 9.17) is 4.74 Å². The molecule has 0 heterocycles. The topological polar surface area (TPSA) is 21.3 Å². The number of rotatable bonds is 4. The molecule has 1 N–H and O–H groups in total. The number of nitrogens with one attached hydrogen (secondary N) is 1. The van der Waals surface area contributed by atoms with Crippen LogP contribution in [0.2, 0.25) is 0 Å². The van der Waals surface area contributed by atoms with Crippen molar-refractivity contribution in [3.63, 3.8) is 0 Å². The summed E-state index contributed by atoms with van der Waals surface area (Å²) in [4.78, 5) is 0. The zero-order valence-corrected chi connectivity index (χ0v) is 13.3. The molecule has 20 heavy (non-hydrogen) atoms. The van der Waals surface area contributed by atoms with Crippen LogP contribution in [0.3, 0.4) is 0 Å². The monoisotopic (exact) mass is 273 g/mol. The van der Waals surface area contributed by atoms with E-state index in [0.29, 0.717) is 10.8 Å². The Balaban J connectivity index is 1.82. The van der Waals surface area contributed by atoms with E-state index in [1.807, 2.05) is 6.07 Å². The lowest BCUT2D eigenvalue weighted by Crippen LogP contribution is -2.53. The van der Waals surface area contributed by atoms with Gasteiger partial charge in [-0.2, -0.15) is 0 Å². The van der Waals surface area contributed by atoms with Gasteiger partial charge < -0.3 is 10.1 Å². The molecule has 3 rings (SSSR count). The third-order valence-electron chi connectivity index (χ3n) is 5.02. The van der Waals surface area contributed by atoms with Crippen LogP contribution in [0.25, 0.3) is 0 Å². The van der Waals surface area contributed by atoms with Crippen LogP contribution < -0.4 is 10.1 Å². The summed E-state index contributed by atoms with van der Waals surface area (Å²) in [7, 11) is 1.75. The van der Waals surface area contributed by atoms with Crippen molar-refractivity contribution < 1.29 is 4.74 Å². The fraction of sp³-hybridized carbons (Fsp3) is 0.667. The molecule has 2 aliphatic rings. The lowest BCUT2D eigenvalue weighted by molar-refractivity contribution is 0.108. The maximum atomic E-state index is 5.41. The lowest BCUT2D eigenvalue weighted by atomic mass is 9.56. The number of hydrogen-bond acceptors (Lipinski definition) is 2. The fourth-order valence-electron chi connectivity index (χ4n) is 3.73. The second kappa shape index (κ2) is 4.49. The predicted octanol–water partition coefficient (Wildman–Crippen LogP) is 3.90. The van der Waals surface area contributed by atoms with E-state index in [1.165, 1.54) is 31.2 Å². The minimum Gasteiger partial charge on any atom is -0.497 e. The van der Waals surface area contributed by atoms with Gasteiger partial charge in [-0.25, -0.2) is 0 Å². The Labute approximate surface area is 122 Å². The van der Waals surface area contributed by atoms with Gasteiger partial charge in [-0.15, -0.1) is 0 Å². The average Bonchev–Trinajstić information content (AvgIpc) is 3.14. The van der Waals surface area contributed by atoms with E-state index in [9.17, 15) is 0 Å². The maximum absolute atomic E-state index is 5.41. The molecule has 0 unspecified atom stereocenters. The van der Waals surface area contributed by atoms with Crippen molar-refractivity contribution >= 4 is 0 Å². The zero-order valence-electron chi connectivity index (χ0n) is 13.3. The van der Waals surface area contributed by atoms with Gasteiger partial charge in [0, 0.05) is 17.5 Å². The van der Waals surface area contributed by atoms with Crippen molar-refractivity contribution in [2.75, 3.05) is 13.7 Å². The van der Waals surface area contributed by atoms with Crippen molar-refractivity contribution in [3.05, 3.63) is 29.8 Å². The number of methoxy groups -OCH3 is 1. The molecule has 1 spiro atoms. The van der Waals surface area contributed by atoms with Gasteiger partial charge in [0.2, 0.25) is 0 Å². The Morgan fingerprint density at radius 1 is 1.20 bits per heavy atom. The molecule has 0 bridgehead atoms. The molecule has 2 heteroatoms. The van der Waals surface area contributed by atoms with Crippen LogP contribution in [-0.4, -0.2) is 19.2 Å². The van der Waals surface area contributed by atoms with Gasteiger partial charge in [0.15, 0.2) is 0 Å². The molecule has 0 aromatic heterocycles. The molecule has 0 aliphatic heterocycles. The standard InChI is InChI=1S/C18H27NO/c1-16(2,3)19-13-18(11-17(12-18)8-9-17)14-6-5-7-15(10-14)20-4/h5-7,10,19H,8-9,11-13H2,1-4H3. The molecule has 0 amide bonds. The van der Waals surface area contributed by atoms with Crippen LogP contribution in [0.4, 0.5) is 0 Å². The fourth-order valence-corrected chi connectivity index (χ4v) is 3.73. The summed E-state index contributed by atoms with van der Waals surface area (Å²) in [5.41, 5.74) is 2.64. The SMILES string of the molecule is COc1cccc(C2(CNC(C)(C)C)CC3(CC3)C2)c1. The summed E-state index contributed by atoms with van der Waals surface area (Å²) < 4.78 is 5.41. The average molecular weight is 273 g/mol. The quantitative estimate of drug-likeness (QED) is 0.898. The van der Waals surface area contributed by atoms with Crippen LogP contribution in [0.15, 0.2) is 24.3 Å². The Hall–Kier alpha value is -1.02. The van der Waals surface area contributed by atoms with E-state index in [1.54, 1.807) is 7.11 Å². The van der Waals surface area contributed by atoms with Crippen molar-refractivity contribution in [2.24, 2.45) is 5.41 Å². The number of hydrogen-bond donors (Lipinski definition) is 1. The molecule has 2 nitrogen and oxygen atoms in total. The van der Waals surface area contributed by atoms with Crippen molar-refractivity contribution in [2.45, 2.75) is 57.4 Å². The van der Waals surface area contributed by atoms with E-state index < -0.39 is 0 Å². The maximum Gasteiger partial charge on any atom is 0.119 e. The molecule has 110 valence electrons. The highest BCUT2D eigenvalue weighted by Gasteiger charge is 2.61. The largest absolute Gasteiger partial charge is 0.497 e. The molecule has 2 aliphatic carbocycles. The Morgan fingerprint density at radius 2 is 1.90 bits per heavy atom. The molecule has 1 aromatic rings. The number of benzene rings is 1. The van der Waals surface area contributed by atoms with Gasteiger partial charge in [0.05, 0.1) is 7.11 Å². The van der Waals surface area contributed by atoms with E-state index in [-0.39, 0.29) is 5.54 Å². The van der Waals surface area contributed by atoms with Crippen LogP contribution in [0, 0.1) is 5.41 Å². The highest BCUT2D eigenvalue weighted by atomic mass is 16.5. The minimum atomic E-state index is 0.179. The van der Waals surface area contributed by atoms with Crippen LogP contribution in [-0.2, 0) is 5.41 Å². The summed E-state index contributed by atoms with van der Waals surface area (Å²) in [5, 5.41) is 3.73. The van der Waals surface area contributed by atoms with Gasteiger partial charge >= 0.3 is 0 Å². The predicted molar refractivity (Wildman–Crippen MR) is 83.3 cm³/mol. The Morgan fingerprint density at radius 3 is 2.45 bits per heavy atom. The summed E-state index contributed by atoms with van der Waals surface area (Å²) >= 11 is 0. The van der Waals surface area contributed by atoms with Crippen molar-refractivity contribution in [3.8, 4) is 5.75 Å². The van der Waals surface area contributed by atoms with Crippen LogP contribution >= 0.6 is 0 Å². The second-order valence-corrected chi connectivity index (χ2v) is 7.97. The first kappa shape index (κ1) is 13.9. The van der Waals surface area contributed by atoms with Gasteiger partial charge in [0.1, 0.15) is 5.75 Å². The third kappa shape index (κ3) is 2.58.